The quantitative estimate of drug-likeness (QED) is 0.578. The first-order chi connectivity index (χ1) is 8.69. The number of benzene rings is 1. The van der Waals surface area contributed by atoms with Gasteiger partial charge in [0.15, 0.2) is 0 Å². The Bertz CT molecular complexity index is 382. The lowest BCUT2D eigenvalue weighted by Gasteiger charge is -2.21. The standard InChI is InChI=1S/C14H22N2OS/c1-3-16(9-10-17-4-2)11-12-7-5-6-8-13(12)14(15)18/h5-8H,3-4,9-11H2,1-2H3,(H2,15,18). The SMILES string of the molecule is CCOCCN(CC)Cc1ccccc1C(N)=S. The van der Waals surface area contributed by atoms with Crippen LogP contribution in [0, 0.1) is 0 Å². The minimum Gasteiger partial charge on any atom is -0.389 e. The van der Waals surface area contributed by atoms with E-state index in [4.69, 9.17) is 22.7 Å². The number of nitrogens with zero attached hydrogens (tertiary/aromatic N) is 1. The third-order valence-electron chi connectivity index (χ3n) is 2.88. The third kappa shape index (κ3) is 4.72. The van der Waals surface area contributed by atoms with Gasteiger partial charge in [-0.25, -0.2) is 0 Å². The van der Waals surface area contributed by atoms with Gasteiger partial charge < -0.3 is 10.5 Å². The average Bonchev–Trinajstić information content (AvgIpc) is 2.38. The van der Waals surface area contributed by atoms with Gasteiger partial charge in [0.2, 0.25) is 0 Å². The van der Waals surface area contributed by atoms with Gasteiger partial charge in [0.1, 0.15) is 4.99 Å². The number of rotatable bonds is 8. The summed E-state index contributed by atoms with van der Waals surface area (Å²) in [6.45, 7) is 8.46. The normalized spacial score (nSPS) is 10.8. The number of hydrogen-bond acceptors (Lipinski definition) is 3. The summed E-state index contributed by atoms with van der Waals surface area (Å²) in [5.41, 5.74) is 7.90. The summed E-state index contributed by atoms with van der Waals surface area (Å²) < 4.78 is 5.39. The molecule has 0 aliphatic carbocycles. The molecule has 0 bridgehead atoms. The fourth-order valence-corrected chi connectivity index (χ4v) is 2.03. The molecule has 0 aromatic heterocycles. The molecule has 0 saturated heterocycles. The van der Waals surface area contributed by atoms with Gasteiger partial charge in [-0.15, -0.1) is 0 Å². The van der Waals surface area contributed by atoms with Crippen LogP contribution >= 0.6 is 12.2 Å². The highest BCUT2D eigenvalue weighted by molar-refractivity contribution is 7.80. The highest BCUT2D eigenvalue weighted by Crippen LogP contribution is 2.11. The second-order valence-corrected chi connectivity index (χ2v) is 4.53. The molecule has 1 aromatic carbocycles. The van der Waals surface area contributed by atoms with E-state index >= 15 is 0 Å². The molecular formula is C14H22N2OS. The van der Waals surface area contributed by atoms with Crippen LogP contribution in [0.3, 0.4) is 0 Å². The van der Waals surface area contributed by atoms with E-state index in [2.05, 4.69) is 17.9 Å². The van der Waals surface area contributed by atoms with Crippen LogP contribution in [0.15, 0.2) is 24.3 Å². The zero-order chi connectivity index (χ0) is 13.4. The summed E-state index contributed by atoms with van der Waals surface area (Å²) in [7, 11) is 0. The predicted octanol–water partition coefficient (Wildman–Crippen LogP) is 2.18. The molecule has 18 heavy (non-hydrogen) atoms. The lowest BCUT2D eigenvalue weighted by Crippen LogP contribution is -2.28. The van der Waals surface area contributed by atoms with Crippen LogP contribution in [0.1, 0.15) is 25.0 Å². The van der Waals surface area contributed by atoms with Crippen LogP contribution in [0.5, 0.6) is 0 Å². The molecule has 3 nitrogen and oxygen atoms in total. The van der Waals surface area contributed by atoms with Crippen molar-refractivity contribution < 1.29 is 4.74 Å². The topological polar surface area (TPSA) is 38.5 Å². The summed E-state index contributed by atoms with van der Waals surface area (Å²) >= 11 is 5.08. The molecule has 0 spiro atoms. The first kappa shape index (κ1) is 15.1. The summed E-state index contributed by atoms with van der Waals surface area (Å²) in [5.74, 6) is 0. The smallest absolute Gasteiger partial charge is 0.104 e. The Balaban J connectivity index is 2.66. The minimum atomic E-state index is 0.464. The van der Waals surface area contributed by atoms with Gasteiger partial charge in [-0.2, -0.15) is 0 Å². The van der Waals surface area contributed by atoms with Crippen LogP contribution in [0.25, 0.3) is 0 Å². The maximum atomic E-state index is 5.74. The summed E-state index contributed by atoms with van der Waals surface area (Å²) in [4.78, 5) is 2.79. The van der Waals surface area contributed by atoms with Crippen LogP contribution in [-0.2, 0) is 11.3 Å². The van der Waals surface area contributed by atoms with E-state index in [0.717, 1.165) is 38.4 Å². The molecule has 0 aliphatic rings. The van der Waals surface area contributed by atoms with E-state index in [-0.39, 0.29) is 0 Å². The monoisotopic (exact) mass is 266 g/mol. The molecule has 2 N–H and O–H groups in total. The fourth-order valence-electron chi connectivity index (χ4n) is 1.83. The lowest BCUT2D eigenvalue weighted by molar-refractivity contribution is 0.113. The van der Waals surface area contributed by atoms with E-state index in [1.807, 2.05) is 25.1 Å². The van der Waals surface area contributed by atoms with Gasteiger partial charge in [0.05, 0.1) is 6.61 Å². The van der Waals surface area contributed by atoms with Crippen molar-refractivity contribution in [3.63, 3.8) is 0 Å². The Morgan fingerprint density at radius 2 is 2.06 bits per heavy atom. The highest BCUT2D eigenvalue weighted by Gasteiger charge is 2.08. The Morgan fingerprint density at radius 3 is 2.67 bits per heavy atom. The second kappa shape index (κ2) is 8.19. The molecule has 1 rings (SSSR count). The Kier molecular flexibility index (Phi) is 6.86. The fraction of sp³-hybridized carbons (Fsp3) is 0.500. The molecule has 4 heteroatoms. The number of nitrogens with two attached hydrogens (primary N) is 1. The van der Waals surface area contributed by atoms with Gasteiger partial charge in [-0.1, -0.05) is 43.4 Å². The first-order valence-electron chi connectivity index (χ1n) is 6.36. The van der Waals surface area contributed by atoms with Gasteiger partial charge >= 0.3 is 0 Å². The molecule has 0 atom stereocenters. The largest absolute Gasteiger partial charge is 0.389 e. The van der Waals surface area contributed by atoms with Crippen molar-refractivity contribution >= 4 is 17.2 Å². The van der Waals surface area contributed by atoms with Crippen LogP contribution < -0.4 is 5.73 Å². The summed E-state index contributed by atoms with van der Waals surface area (Å²) in [6, 6.07) is 8.05. The summed E-state index contributed by atoms with van der Waals surface area (Å²) in [6.07, 6.45) is 0. The molecular weight excluding hydrogens is 244 g/mol. The van der Waals surface area contributed by atoms with Crippen LogP contribution in [0.4, 0.5) is 0 Å². The molecule has 0 unspecified atom stereocenters. The molecule has 0 heterocycles. The number of ether oxygens (including phenoxy) is 1. The molecule has 0 aliphatic heterocycles. The van der Waals surface area contributed by atoms with Gasteiger partial charge in [-0.3, -0.25) is 4.90 Å². The third-order valence-corrected chi connectivity index (χ3v) is 3.10. The molecule has 1 aromatic rings. The maximum absolute atomic E-state index is 5.74. The Hall–Kier alpha value is -0.970. The molecule has 0 saturated carbocycles. The minimum absolute atomic E-state index is 0.464. The first-order valence-corrected chi connectivity index (χ1v) is 6.77. The second-order valence-electron chi connectivity index (χ2n) is 4.09. The molecule has 0 amide bonds. The lowest BCUT2D eigenvalue weighted by atomic mass is 10.1. The summed E-state index contributed by atoms with van der Waals surface area (Å²) in [5, 5.41) is 0. The van der Waals surface area contributed by atoms with E-state index in [0.29, 0.717) is 4.99 Å². The number of hydrogen-bond donors (Lipinski definition) is 1. The van der Waals surface area contributed by atoms with Crippen LogP contribution in [0.2, 0.25) is 0 Å². The number of thiocarbonyl (C=S) groups is 1. The van der Waals surface area contributed by atoms with Crippen molar-refractivity contribution in [3.8, 4) is 0 Å². The highest BCUT2D eigenvalue weighted by atomic mass is 32.1. The van der Waals surface area contributed by atoms with Gasteiger partial charge in [0, 0.05) is 25.3 Å². The predicted molar refractivity (Wildman–Crippen MR) is 79.8 cm³/mol. The van der Waals surface area contributed by atoms with E-state index in [9.17, 15) is 0 Å². The van der Waals surface area contributed by atoms with E-state index in [1.165, 1.54) is 5.56 Å². The van der Waals surface area contributed by atoms with Crippen molar-refractivity contribution in [2.45, 2.75) is 20.4 Å². The van der Waals surface area contributed by atoms with E-state index in [1.54, 1.807) is 0 Å². The zero-order valence-corrected chi connectivity index (χ0v) is 12.0. The molecule has 0 fully saturated rings. The number of likely N-dealkylation sites (N-methyl/N-ethyl adjacent to an activating group) is 1. The average molecular weight is 266 g/mol. The van der Waals surface area contributed by atoms with Gasteiger partial charge in [0.25, 0.3) is 0 Å². The van der Waals surface area contributed by atoms with Crippen molar-refractivity contribution in [2.75, 3.05) is 26.3 Å². The Morgan fingerprint density at radius 1 is 1.33 bits per heavy atom. The van der Waals surface area contributed by atoms with Crippen molar-refractivity contribution in [3.05, 3.63) is 35.4 Å². The molecule has 0 radical (unpaired) electrons. The van der Waals surface area contributed by atoms with Crippen molar-refractivity contribution in [1.82, 2.24) is 4.90 Å². The van der Waals surface area contributed by atoms with Gasteiger partial charge in [-0.05, 0) is 19.0 Å². The van der Waals surface area contributed by atoms with E-state index < -0.39 is 0 Å². The maximum Gasteiger partial charge on any atom is 0.104 e. The zero-order valence-electron chi connectivity index (χ0n) is 11.2. The Labute approximate surface area is 115 Å². The van der Waals surface area contributed by atoms with Crippen molar-refractivity contribution in [2.24, 2.45) is 5.73 Å². The van der Waals surface area contributed by atoms with Crippen molar-refractivity contribution in [1.29, 1.82) is 0 Å². The molecule has 100 valence electrons. The van der Waals surface area contributed by atoms with Crippen LogP contribution in [-0.4, -0.2) is 36.2 Å².